The fourth-order valence-corrected chi connectivity index (χ4v) is 4.47. The van der Waals surface area contributed by atoms with Crippen molar-refractivity contribution in [2.45, 2.75) is 24.9 Å². The van der Waals surface area contributed by atoms with Gasteiger partial charge in [0.25, 0.3) is 0 Å². The summed E-state index contributed by atoms with van der Waals surface area (Å²) in [5, 5.41) is 5.33. The fraction of sp³-hybridized carbons (Fsp3) is 0.667. The monoisotopic (exact) mass is 348 g/mol. The molecule has 9 heteroatoms. The largest absolute Gasteiger partial charge is 0.345 e. The van der Waals surface area contributed by atoms with Crippen molar-refractivity contribution in [3.63, 3.8) is 0 Å². The van der Waals surface area contributed by atoms with Crippen molar-refractivity contribution in [1.29, 1.82) is 0 Å². The highest BCUT2D eigenvalue weighted by atomic mass is 32.2. The van der Waals surface area contributed by atoms with Crippen molar-refractivity contribution in [2.24, 2.45) is 0 Å². The van der Waals surface area contributed by atoms with Gasteiger partial charge < -0.3 is 10.6 Å². The molecule has 116 valence electrons. The van der Waals surface area contributed by atoms with Crippen LogP contribution in [0.5, 0.6) is 0 Å². The van der Waals surface area contributed by atoms with Crippen molar-refractivity contribution in [3.8, 4) is 0 Å². The Balaban J connectivity index is 1.60. The van der Waals surface area contributed by atoms with Gasteiger partial charge in [0.15, 0.2) is 0 Å². The highest BCUT2D eigenvalue weighted by Crippen LogP contribution is 2.20. The van der Waals surface area contributed by atoms with E-state index < -0.39 is 0 Å². The maximum absolute atomic E-state index is 11.6. The lowest BCUT2D eigenvalue weighted by Gasteiger charge is -2.11. The topological polar surface area (TPSA) is 92.3 Å². The van der Waals surface area contributed by atoms with Gasteiger partial charge in [-0.2, -0.15) is 0 Å². The molecule has 2 N–H and O–H groups in total. The highest BCUT2D eigenvalue weighted by molar-refractivity contribution is 8.14. The Morgan fingerprint density at radius 2 is 1.38 bits per heavy atom. The average Bonchev–Trinajstić information content (AvgIpc) is 3.00. The summed E-state index contributed by atoms with van der Waals surface area (Å²) in [5.74, 6) is 1.28. The number of hydrogen-bond acceptors (Lipinski definition) is 7. The van der Waals surface area contributed by atoms with Gasteiger partial charge in [0.2, 0.25) is 22.0 Å². The second-order valence-corrected chi connectivity index (χ2v) is 7.83. The summed E-state index contributed by atoms with van der Waals surface area (Å²) in [6, 6.07) is -0.768. The lowest BCUT2D eigenvalue weighted by atomic mass is 10.2. The van der Waals surface area contributed by atoms with Gasteiger partial charge in [-0.1, -0.05) is 23.5 Å². The summed E-state index contributed by atoms with van der Waals surface area (Å²) in [4.78, 5) is 46.0. The van der Waals surface area contributed by atoms with E-state index in [-0.39, 0.29) is 45.6 Å². The molecular weight excluding hydrogens is 332 g/mol. The van der Waals surface area contributed by atoms with Crippen LogP contribution in [0.3, 0.4) is 0 Å². The number of nitrogens with one attached hydrogen (secondary N) is 2. The summed E-state index contributed by atoms with van der Waals surface area (Å²) in [6.07, 6.45) is 1.34. The third-order valence-corrected chi connectivity index (χ3v) is 5.96. The summed E-state index contributed by atoms with van der Waals surface area (Å²) >= 11 is 3.65. The van der Waals surface area contributed by atoms with Gasteiger partial charge in [0.05, 0.1) is 23.6 Å². The van der Waals surface area contributed by atoms with Crippen LogP contribution in [0.25, 0.3) is 0 Å². The van der Waals surface area contributed by atoms with Gasteiger partial charge in [-0.05, 0) is 12.8 Å². The Labute approximate surface area is 135 Å². The van der Waals surface area contributed by atoms with E-state index in [4.69, 9.17) is 0 Å². The van der Waals surface area contributed by atoms with E-state index in [0.29, 0.717) is 12.8 Å². The normalized spacial score (nSPS) is 25.1. The van der Waals surface area contributed by atoms with Crippen molar-refractivity contribution >= 4 is 57.3 Å². The SMILES string of the molecule is O=C(CSCC(=O)N[C@@H]1CCSC1=O)N[C@@H]1CCSC1=O. The van der Waals surface area contributed by atoms with Crippen molar-refractivity contribution in [1.82, 2.24) is 10.6 Å². The number of amides is 2. The highest BCUT2D eigenvalue weighted by Gasteiger charge is 2.27. The number of carbonyl (C=O) groups is 4. The molecule has 0 saturated carbocycles. The summed E-state index contributed by atoms with van der Waals surface area (Å²) in [5.41, 5.74) is 0. The Hall–Kier alpha value is -0.670. The molecule has 0 radical (unpaired) electrons. The van der Waals surface area contributed by atoms with Crippen LogP contribution in [-0.2, 0) is 19.2 Å². The molecule has 0 bridgehead atoms. The predicted molar refractivity (Wildman–Crippen MR) is 85.4 cm³/mol. The molecule has 0 unspecified atom stereocenters. The van der Waals surface area contributed by atoms with Gasteiger partial charge in [-0.15, -0.1) is 11.8 Å². The molecule has 2 heterocycles. The Bertz CT molecular complexity index is 418. The van der Waals surface area contributed by atoms with Crippen molar-refractivity contribution < 1.29 is 19.2 Å². The van der Waals surface area contributed by atoms with Crippen LogP contribution >= 0.6 is 35.3 Å². The number of hydrogen-bond donors (Lipinski definition) is 2. The smallest absolute Gasteiger partial charge is 0.230 e. The van der Waals surface area contributed by atoms with Crippen LogP contribution in [0, 0.1) is 0 Å². The van der Waals surface area contributed by atoms with Gasteiger partial charge in [-0.25, -0.2) is 0 Å². The molecule has 2 aliphatic heterocycles. The molecule has 6 nitrogen and oxygen atoms in total. The van der Waals surface area contributed by atoms with E-state index in [9.17, 15) is 19.2 Å². The molecule has 2 rings (SSSR count). The molecule has 0 aromatic rings. The maximum Gasteiger partial charge on any atom is 0.230 e. The first-order valence-electron chi connectivity index (χ1n) is 6.56. The molecule has 2 atom stereocenters. The standard InChI is InChI=1S/C12H16N2O4S3/c15-9(13-7-1-3-20-11(7)17)5-19-6-10(16)14-8-2-4-21-12(8)18/h7-8H,1-6H2,(H,13,15)(H,14,16)/t7-,8-/m1/s1. The van der Waals surface area contributed by atoms with Gasteiger partial charge >= 0.3 is 0 Å². The summed E-state index contributed by atoms with van der Waals surface area (Å²) < 4.78 is 0. The molecule has 0 spiro atoms. The van der Waals surface area contributed by atoms with Crippen molar-refractivity contribution in [2.75, 3.05) is 23.0 Å². The van der Waals surface area contributed by atoms with E-state index >= 15 is 0 Å². The van der Waals surface area contributed by atoms with E-state index in [2.05, 4.69) is 10.6 Å². The van der Waals surface area contributed by atoms with Gasteiger partial charge in [-0.3, -0.25) is 19.2 Å². The number of carbonyl (C=O) groups excluding carboxylic acids is 4. The predicted octanol–water partition coefficient (Wildman–Crippen LogP) is 0.0162. The second-order valence-electron chi connectivity index (χ2n) is 4.65. The number of rotatable bonds is 6. The molecule has 2 saturated heterocycles. The first-order valence-corrected chi connectivity index (χ1v) is 9.68. The fourth-order valence-electron chi connectivity index (χ4n) is 1.96. The van der Waals surface area contributed by atoms with E-state index in [1.54, 1.807) is 0 Å². The summed E-state index contributed by atoms with van der Waals surface area (Å²) in [7, 11) is 0. The van der Waals surface area contributed by atoms with Crippen LogP contribution in [0.2, 0.25) is 0 Å². The molecule has 2 fully saturated rings. The van der Waals surface area contributed by atoms with E-state index in [1.165, 1.54) is 35.3 Å². The first kappa shape index (κ1) is 16.7. The van der Waals surface area contributed by atoms with E-state index in [0.717, 1.165) is 11.5 Å². The van der Waals surface area contributed by atoms with Crippen molar-refractivity contribution in [3.05, 3.63) is 0 Å². The minimum absolute atomic E-state index is 0.00309. The quantitative estimate of drug-likeness (QED) is 0.699. The molecule has 0 aliphatic carbocycles. The van der Waals surface area contributed by atoms with Crippen LogP contribution in [0.4, 0.5) is 0 Å². The minimum atomic E-state index is -0.384. The molecule has 2 aliphatic rings. The third kappa shape index (κ3) is 5.23. The lowest BCUT2D eigenvalue weighted by Crippen LogP contribution is -2.39. The van der Waals surface area contributed by atoms with Crippen LogP contribution in [0.1, 0.15) is 12.8 Å². The zero-order valence-electron chi connectivity index (χ0n) is 11.3. The molecule has 0 aromatic heterocycles. The average molecular weight is 348 g/mol. The first-order chi connectivity index (χ1) is 10.1. The molecule has 21 heavy (non-hydrogen) atoms. The Morgan fingerprint density at radius 1 is 0.952 bits per heavy atom. The van der Waals surface area contributed by atoms with E-state index in [1.807, 2.05) is 0 Å². The minimum Gasteiger partial charge on any atom is -0.345 e. The van der Waals surface area contributed by atoms with Crippen LogP contribution in [-0.4, -0.2) is 57.1 Å². The lowest BCUT2D eigenvalue weighted by molar-refractivity contribution is -0.122. The third-order valence-electron chi connectivity index (χ3n) is 3.01. The van der Waals surface area contributed by atoms with Crippen LogP contribution < -0.4 is 10.6 Å². The maximum atomic E-state index is 11.6. The van der Waals surface area contributed by atoms with Gasteiger partial charge in [0, 0.05) is 11.5 Å². The van der Waals surface area contributed by atoms with Crippen LogP contribution in [0.15, 0.2) is 0 Å². The molecule has 2 amide bonds. The summed E-state index contributed by atoms with van der Waals surface area (Å²) in [6.45, 7) is 0. The zero-order valence-corrected chi connectivity index (χ0v) is 13.7. The second kappa shape index (κ2) is 8.09. The van der Waals surface area contributed by atoms with Gasteiger partial charge in [0.1, 0.15) is 0 Å². The Kier molecular flexibility index (Phi) is 6.43. The molecular formula is C12H16N2O4S3. The molecule has 0 aromatic carbocycles. The Morgan fingerprint density at radius 3 is 1.71 bits per heavy atom. The zero-order chi connectivity index (χ0) is 15.2. The number of thioether (sulfide) groups is 3.